The Morgan fingerprint density at radius 1 is 1.20 bits per heavy atom. The van der Waals surface area contributed by atoms with Gasteiger partial charge in [-0.25, -0.2) is 14.8 Å². The van der Waals surface area contributed by atoms with E-state index in [1.54, 1.807) is 0 Å². The number of thiophene rings is 1. The first-order valence-electron chi connectivity index (χ1n) is 9.12. The molecule has 0 fully saturated rings. The summed E-state index contributed by atoms with van der Waals surface area (Å²) in [6.45, 7) is 1.78. The van der Waals surface area contributed by atoms with Crippen LogP contribution >= 0.6 is 11.3 Å². The predicted molar refractivity (Wildman–Crippen MR) is 116 cm³/mol. The summed E-state index contributed by atoms with van der Waals surface area (Å²) in [7, 11) is 0. The fraction of sp³-hybridized carbons (Fsp3) is 0.0909. The van der Waals surface area contributed by atoms with Crippen LogP contribution in [0.1, 0.15) is 11.1 Å². The Morgan fingerprint density at radius 3 is 2.67 bits per heavy atom. The number of hydrogen-bond donors (Lipinski definition) is 1. The molecule has 0 aliphatic carbocycles. The van der Waals surface area contributed by atoms with Gasteiger partial charge in [0.2, 0.25) is 0 Å². The standard InChI is InChI=1S/C22H17FN4O2S/c1-14-2-6-16(7-3-14)18-12-30-21-20(18)22(29)27(13-24-21)11-19(28)26-25-10-15-4-8-17(23)9-5-15/h2-10,12-13H,11H2,1H3,(H,26,28)/b25-10+. The van der Waals surface area contributed by atoms with Crippen LogP contribution in [-0.4, -0.2) is 21.7 Å². The number of rotatable bonds is 5. The summed E-state index contributed by atoms with van der Waals surface area (Å²) in [5, 5.41) is 6.24. The topological polar surface area (TPSA) is 76.3 Å². The fourth-order valence-electron chi connectivity index (χ4n) is 2.94. The van der Waals surface area contributed by atoms with Crippen LogP contribution in [0, 0.1) is 12.7 Å². The summed E-state index contributed by atoms with van der Waals surface area (Å²) >= 11 is 1.39. The number of benzene rings is 2. The number of fused-ring (bicyclic) bond motifs is 1. The first kappa shape index (κ1) is 19.7. The van der Waals surface area contributed by atoms with Crippen molar-refractivity contribution < 1.29 is 9.18 Å². The molecule has 0 aliphatic rings. The van der Waals surface area contributed by atoms with Gasteiger partial charge in [-0.2, -0.15) is 5.10 Å². The van der Waals surface area contributed by atoms with Crippen LogP contribution in [0.5, 0.6) is 0 Å². The highest BCUT2D eigenvalue weighted by Crippen LogP contribution is 2.30. The van der Waals surface area contributed by atoms with E-state index < -0.39 is 5.91 Å². The molecule has 2 aromatic heterocycles. The van der Waals surface area contributed by atoms with Crippen molar-refractivity contribution in [2.75, 3.05) is 0 Å². The van der Waals surface area contributed by atoms with Crippen molar-refractivity contribution in [3.63, 3.8) is 0 Å². The van der Waals surface area contributed by atoms with Gasteiger partial charge < -0.3 is 0 Å². The molecule has 150 valence electrons. The van der Waals surface area contributed by atoms with Gasteiger partial charge >= 0.3 is 0 Å². The Balaban J connectivity index is 1.54. The number of halogens is 1. The summed E-state index contributed by atoms with van der Waals surface area (Å²) in [5.41, 5.74) is 5.58. The lowest BCUT2D eigenvalue weighted by Gasteiger charge is -2.05. The maximum atomic E-state index is 13.0. The van der Waals surface area contributed by atoms with Crippen LogP contribution in [0.4, 0.5) is 4.39 Å². The quantitative estimate of drug-likeness (QED) is 0.395. The van der Waals surface area contributed by atoms with E-state index in [9.17, 15) is 14.0 Å². The average molecular weight is 420 g/mol. The zero-order valence-electron chi connectivity index (χ0n) is 16.0. The minimum Gasteiger partial charge on any atom is -0.289 e. The molecule has 6 nitrogen and oxygen atoms in total. The molecule has 0 aliphatic heterocycles. The smallest absolute Gasteiger partial charge is 0.263 e. The maximum absolute atomic E-state index is 13.0. The summed E-state index contributed by atoms with van der Waals surface area (Å²) in [6, 6.07) is 13.6. The van der Waals surface area contributed by atoms with Crippen LogP contribution in [0.2, 0.25) is 0 Å². The van der Waals surface area contributed by atoms with E-state index in [1.807, 2.05) is 36.6 Å². The van der Waals surface area contributed by atoms with Gasteiger partial charge in [0.05, 0.1) is 17.9 Å². The first-order chi connectivity index (χ1) is 14.5. The molecule has 0 saturated heterocycles. The molecular weight excluding hydrogens is 403 g/mol. The summed E-state index contributed by atoms with van der Waals surface area (Å²) < 4.78 is 14.2. The predicted octanol–water partition coefficient (Wildman–Crippen LogP) is 3.72. The molecular formula is C22H17FN4O2S. The molecule has 0 unspecified atom stereocenters. The van der Waals surface area contributed by atoms with E-state index in [0.717, 1.165) is 16.7 Å². The number of hydrazone groups is 1. The number of carbonyl (C=O) groups is 1. The van der Waals surface area contributed by atoms with Gasteiger partial charge in [0.15, 0.2) is 0 Å². The molecule has 0 atom stereocenters. The van der Waals surface area contributed by atoms with Crippen LogP contribution < -0.4 is 11.0 Å². The monoisotopic (exact) mass is 420 g/mol. The summed E-state index contributed by atoms with van der Waals surface area (Å²) in [4.78, 5) is 30.1. The Kier molecular flexibility index (Phi) is 5.49. The van der Waals surface area contributed by atoms with Crippen molar-refractivity contribution in [2.24, 2.45) is 5.10 Å². The van der Waals surface area contributed by atoms with Crippen molar-refractivity contribution >= 4 is 33.7 Å². The lowest BCUT2D eigenvalue weighted by molar-refractivity contribution is -0.121. The molecule has 8 heteroatoms. The number of aromatic nitrogens is 2. The summed E-state index contributed by atoms with van der Waals surface area (Å²) in [5.74, 6) is -0.819. The molecule has 2 aromatic carbocycles. The van der Waals surface area contributed by atoms with Crippen molar-refractivity contribution in [3.05, 3.63) is 87.5 Å². The molecule has 4 rings (SSSR count). The molecule has 0 spiro atoms. The second-order valence-electron chi connectivity index (χ2n) is 6.72. The highest BCUT2D eigenvalue weighted by atomic mass is 32.1. The second-order valence-corrected chi connectivity index (χ2v) is 7.58. The van der Waals surface area contributed by atoms with Gasteiger partial charge in [-0.3, -0.25) is 14.2 Å². The number of carbonyl (C=O) groups excluding carboxylic acids is 1. The SMILES string of the molecule is Cc1ccc(-c2csc3ncn(CC(=O)N/N=C/c4ccc(F)cc4)c(=O)c23)cc1. The Labute approximate surface area is 175 Å². The third-order valence-electron chi connectivity index (χ3n) is 4.51. The van der Waals surface area contributed by atoms with Crippen molar-refractivity contribution in [2.45, 2.75) is 13.5 Å². The van der Waals surface area contributed by atoms with E-state index >= 15 is 0 Å². The van der Waals surface area contributed by atoms with Crippen LogP contribution in [-0.2, 0) is 11.3 Å². The summed E-state index contributed by atoms with van der Waals surface area (Å²) in [6.07, 6.45) is 2.76. The second kappa shape index (κ2) is 8.38. The minimum absolute atomic E-state index is 0.217. The normalized spacial score (nSPS) is 11.3. The first-order valence-corrected chi connectivity index (χ1v) is 10.0. The highest BCUT2D eigenvalue weighted by Gasteiger charge is 2.14. The van der Waals surface area contributed by atoms with Crippen molar-refractivity contribution in [1.29, 1.82) is 0 Å². The third kappa shape index (κ3) is 4.18. The molecule has 0 bridgehead atoms. The van der Waals surface area contributed by atoms with E-state index in [1.165, 1.54) is 52.7 Å². The Hall–Kier alpha value is -3.65. The largest absolute Gasteiger partial charge is 0.289 e. The van der Waals surface area contributed by atoms with E-state index in [0.29, 0.717) is 15.8 Å². The molecule has 4 aromatic rings. The third-order valence-corrected chi connectivity index (χ3v) is 5.40. The Bertz CT molecular complexity index is 1290. The average Bonchev–Trinajstić information content (AvgIpc) is 3.17. The van der Waals surface area contributed by atoms with E-state index in [-0.39, 0.29) is 17.9 Å². The van der Waals surface area contributed by atoms with E-state index in [4.69, 9.17) is 0 Å². The van der Waals surface area contributed by atoms with Crippen LogP contribution in [0.15, 0.2) is 70.1 Å². The Morgan fingerprint density at radius 2 is 1.93 bits per heavy atom. The molecule has 2 heterocycles. The van der Waals surface area contributed by atoms with Crippen molar-refractivity contribution in [3.8, 4) is 11.1 Å². The van der Waals surface area contributed by atoms with Gasteiger partial charge in [-0.15, -0.1) is 11.3 Å². The number of nitrogens with zero attached hydrogens (tertiary/aromatic N) is 3. The van der Waals surface area contributed by atoms with Gasteiger partial charge in [-0.05, 0) is 30.2 Å². The zero-order chi connectivity index (χ0) is 21.1. The number of amides is 1. The molecule has 30 heavy (non-hydrogen) atoms. The van der Waals surface area contributed by atoms with E-state index in [2.05, 4.69) is 15.5 Å². The van der Waals surface area contributed by atoms with Crippen LogP contribution in [0.25, 0.3) is 21.3 Å². The lowest BCUT2D eigenvalue weighted by Crippen LogP contribution is -2.30. The van der Waals surface area contributed by atoms with Gasteiger partial charge in [0, 0.05) is 10.9 Å². The number of hydrogen-bond acceptors (Lipinski definition) is 5. The molecule has 0 saturated carbocycles. The lowest BCUT2D eigenvalue weighted by atomic mass is 10.1. The molecule has 0 radical (unpaired) electrons. The molecule has 1 amide bonds. The fourth-order valence-corrected chi connectivity index (χ4v) is 3.85. The van der Waals surface area contributed by atoms with Crippen molar-refractivity contribution in [1.82, 2.24) is 15.0 Å². The molecule has 1 N–H and O–H groups in total. The van der Waals surface area contributed by atoms with Crippen LogP contribution in [0.3, 0.4) is 0 Å². The maximum Gasteiger partial charge on any atom is 0.263 e. The van der Waals surface area contributed by atoms with Gasteiger partial charge in [0.25, 0.3) is 11.5 Å². The van der Waals surface area contributed by atoms with Gasteiger partial charge in [-0.1, -0.05) is 42.0 Å². The minimum atomic E-state index is -0.469. The van der Waals surface area contributed by atoms with Gasteiger partial charge in [0.1, 0.15) is 17.2 Å². The highest BCUT2D eigenvalue weighted by molar-refractivity contribution is 7.17. The number of aryl methyl sites for hydroxylation is 1. The zero-order valence-corrected chi connectivity index (χ0v) is 16.8. The number of nitrogens with one attached hydrogen (secondary N) is 1.